The first-order valence-corrected chi connectivity index (χ1v) is 9.20. The Morgan fingerprint density at radius 3 is 1.85 bits per heavy atom. The van der Waals surface area contributed by atoms with Crippen LogP contribution in [0.2, 0.25) is 0 Å². The molecule has 2 aliphatic carbocycles. The number of allylic oxidation sites excluding steroid dienone is 2. The van der Waals surface area contributed by atoms with Crippen LogP contribution in [0, 0.1) is 0 Å². The van der Waals surface area contributed by atoms with E-state index in [4.69, 9.17) is 0 Å². The third kappa shape index (κ3) is 4.06. The van der Waals surface area contributed by atoms with Gasteiger partial charge in [0.2, 0.25) is 0 Å². The predicted molar refractivity (Wildman–Crippen MR) is 107 cm³/mol. The Kier molecular flexibility index (Phi) is 4.78. The summed E-state index contributed by atoms with van der Waals surface area (Å²) in [4.78, 5) is 18.0. The van der Waals surface area contributed by atoms with Crippen molar-refractivity contribution in [2.24, 2.45) is 0 Å². The molecule has 136 valence electrons. The lowest BCUT2D eigenvalue weighted by molar-refractivity contribution is 0.562. The van der Waals surface area contributed by atoms with Crippen LogP contribution in [0.5, 0.6) is 0 Å². The SMILES string of the molecule is CC(C)(C)c1cnc2c(n1)C=CC2.CC(C)(C)c1cnc2c(n1)CC=C2. The minimum atomic E-state index is 0.0957. The molecule has 0 saturated carbocycles. The molecule has 4 rings (SSSR count). The number of nitrogens with zero attached hydrogens (tertiary/aromatic N) is 4. The highest BCUT2D eigenvalue weighted by Gasteiger charge is 2.19. The fourth-order valence-electron chi connectivity index (χ4n) is 2.73. The van der Waals surface area contributed by atoms with Gasteiger partial charge in [-0.25, -0.2) is 4.98 Å². The largest absolute Gasteiger partial charge is 0.257 e. The van der Waals surface area contributed by atoms with E-state index in [-0.39, 0.29) is 10.8 Å². The molecule has 0 radical (unpaired) electrons. The second-order valence-electron chi connectivity index (χ2n) is 8.89. The van der Waals surface area contributed by atoms with Crippen molar-refractivity contribution in [1.82, 2.24) is 19.9 Å². The Bertz CT molecular complexity index is 865. The van der Waals surface area contributed by atoms with Crippen LogP contribution in [0.1, 0.15) is 75.7 Å². The Hall–Kier alpha value is -2.36. The topological polar surface area (TPSA) is 51.6 Å². The summed E-state index contributed by atoms with van der Waals surface area (Å²) < 4.78 is 0. The minimum Gasteiger partial charge on any atom is -0.257 e. The van der Waals surface area contributed by atoms with E-state index in [1.54, 1.807) is 0 Å². The van der Waals surface area contributed by atoms with Crippen molar-refractivity contribution >= 4 is 12.2 Å². The molecule has 4 heteroatoms. The molecule has 0 atom stereocenters. The number of hydrogen-bond donors (Lipinski definition) is 0. The van der Waals surface area contributed by atoms with Gasteiger partial charge in [-0.3, -0.25) is 15.0 Å². The van der Waals surface area contributed by atoms with E-state index in [0.29, 0.717) is 0 Å². The average Bonchev–Trinajstić information content (AvgIpc) is 3.21. The van der Waals surface area contributed by atoms with Gasteiger partial charge < -0.3 is 0 Å². The fraction of sp³-hybridized carbons (Fsp3) is 0.455. The van der Waals surface area contributed by atoms with Crippen molar-refractivity contribution < 1.29 is 0 Å². The van der Waals surface area contributed by atoms with Crippen LogP contribution in [0.25, 0.3) is 12.2 Å². The maximum Gasteiger partial charge on any atom is 0.0848 e. The molecule has 0 fully saturated rings. The summed E-state index contributed by atoms with van der Waals surface area (Å²) in [7, 11) is 0. The van der Waals surface area contributed by atoms with E-state index in [0.717, 1.165) is 47.0 Å². The Balaban J connectivity index is 0.000000151. The van der Waals surface area contributed by atoms with Crippen LogP contribution in [0.3, 0.4) is 0 Å². The molecular weight excluding hydrogens is 320 g/mol. The second-order valence-corrected chi connectivity index (χ2v) is 8.89. The van der Waals surface area contributed by atoms with E-state index in [1.165, 1.54) is 0 Å². The summed E-state index contributed by atoms with van der Waals surface area (Å²) in [5.41, 5.74) is 6.65. The maximum atomic E-state index is 4.60. The van der Waals surface area contributed by atoms with Crippen molar-refractivity contribution in [3.05, 3.63) is 58.7 Å². The van der Waals surface area contributed by atoms with Crippen molar-refractivity contribution in [3.63, 3.8) is 0 Å². The molecule has 0 amide bonds. The molecule has 4 nitrogen and oxygen atoms in total. The summed E-state index contributed by atoms with van der Waals surface area (Å²) in [6.07, 6.45) is 14.0. The zero-order valence-electron chi connectivity index (χ0n) is 16.7. The maximum absolute atomic E-state index is 4.60. The number of hydrogen-bond acceptors (Lipinski definition) is 4. The first kappa shape index (κ1) is 18.4. The van der Waals surface area contributed by atoms with E-state index in [9.17, 15) is 0 Å². The lowest BCUT2D eigenvalue weighted by Gasteiger charge is -2.17. The van der Waals surface area contributed by atoms with Gasteiger partial charge in [-0.15, -0.1) is 0 Å². The molecule has 2 aromatic heterocycles. The van der Waals surface area contributed by atoms with Crippen LogP contribution in [0.15, 0.2) is 24.5 Å². The van der Waals surface area contributed by atoms with Crippen molar-refractivity contribution in [3.8, 4) is 0 Å². The van der Waals surface area contributed by atoms with Gasteiger partial charge in [-0.2, -0.15) is 0 Å². The summed E-state index contributed by atoms with van der Waals surface area (Å²) in [5.74, 6) is 0. The van der Waals surface area contributed by atoms with Gasteiger partial charge in [0, 0.05) is 36.1 Å². The third-order valence-corrected chi connectivity index (χ3v) is 4.47. The first-order valence-electron chi connectivity index (χ1n) is 9.20. The fourth-order valence-corrected chi connectivity index (χ4v) is 2.73. The standard InChI is InChI=1S/2C11H14N2/c2*1-11(2,3)10-7-12-8-5-4-6-9(8)13-10/h4,6-7H,5H2,1-3H3;4-5,7H,6H2,1-3H3. The highest BCUT2D eigenvalue weighted by molar-refractivity contribution is 5.54. The summed E-state index contributed by atoms with van der Waals surface area (Å²) in [6.45, 7) is 12.9. The van der Waals surface area contributed by atoms with Crippen LogP contribution < -0.4 is 0 Å². The highest BCUT2D eigenvalue weighted by atomic mass is 14.8. The smallest absolute Gasteiger partial charge is 0.0848 e. The van der Waals surface area contributed by atoms with Crippen LogP contribution in [0.4, 0.5) is 0 Å². The summed E-state index contributed by atoms with van der Waals surface area (Å²) in [5, 5.41) is 0. The number of aromatic nitrogens is 4. The Morgan fingerprint density at radius 2 is 1.19 bits per heavy atom. The molecule has 2 heterocycles. The molecule has 0 saturated heterocycles. The van der Waals surface area contributed by atoms with Crippen molar-refractivity contribution in [1.29, 1.82) is 0 Å². The Labute approximate surface area is 156 Å². The van der Waals surface area contributed by atoms with E-state index in [1.807, 2.05) is 18.5 Å². The van der Waals surface area contributed by atoms with Gasteiger partial charge in [0.25, 0.3) is 0 Å². The molecule has 0 aliphatic heterocycles. The van der Waals surface area contributed by atoms with Crippen LogP contribution >= 0.6 is 0 Å². The average molecular weight is 348 g/mol. The van der Waals surface area contributed by atoms with E-state index < -0.39 is 0 Å². The van der Waals surface area contributed by atoms with Crippen molar-refractivity contribution in [2.45, 2.75) is 65.2 Å². The first-order chi connectivity index (χ1) is 12.1. The predicted octanol–water partition coefficient (Wildman–Crippen LogP) is 4.69. The van der Waals surface area contributed by atoms with Gasteiger partial charge in [-0.1, -0.05) is 53.7 Å². The van der Waals surface area contributed by atoms with Gasteiger partial charge in [0.1, 0.15) is 0 Å². The van der Waals surface area contributed by atoms with Crippen molar-refractivity contribution in [2.75, 3.05) is 0 Å². The van der Waals surface area contributed by atoms with Gasteiger partial charge >= 0.3 is 0 Å². The van der Waals surface area contributed by atoms with E-state index >= 15 is 0 Å². The van der Waals surface area contributed by atoms with Gasteiger partial charge in [0.15, 0.2) is 0 Å². The second kappa shape index (κ2) is 6.75. The summed E-state index contributed by atoms with van der Waals surface area (Å²) in [6, 6.07) is 0. The third-order valence-electron chi connectivity index (χ3n) is 4.47. The van der Waals surface area contributed by atoms with E-state index in [2.05, 4.69) is 79.7 Å². The molecule has 0 bridgehead atoms. The lowest BCUT2D eigenvalue weighted by Crippen LogP contribution is -2.15. The monoisotopic (exact) mass is 348 g/mol. The molecular formula is C22H28N4. The normalized spacial score (nSPS) is 14.7. The molecule has 0 unspecified atom stereocenters. The molecule has 0 spiro atoms. The molecule has 0 N–H and O–H groups in total. The highest BCUT2D eigenvalue weighted by Crippen LogP contribution is 2.23. The van der Waals surface area contributed by atoms with Crippen LogP contribution in [-0.2, 0) is 23.7 Å². The minimum absolute atomic E-state index is 0.0957. The zero-order chi connectivity index (χ0) is 18.9. The van der Waals surface area contributed by atoms with Gasteiger partial charge in [-0.05, 0) is 12.2 Å². The Morgan fingerprint density at radius 1 is 0.654 bits per heavy atom. The molecule has 0 aromatic carbocycles. The van der Waals surface area contributed by atoms with Gasteiger partial charge in [0.05, 0.1) is 34.2 Å². The number of fused-ring (bicyclic) bond motifs is 2. The molecule has 2 aliphatic rings. The zero-order valence-corrected chi connectivity index (χ0v) is 16.7. The quantitative estimate of drug-likeness (QED) is 0.693. The lowest BCUT2D eigenvalue weighted by atomic mass is 9.92. The molecule has 2 aromatic rings. The molecule has 26 heavy (non-hydrogen) atoms. The van der Waals surface area contributed by atoms with Crippen LogP contribution in [-0.4, -0.2) is 19.9 Å². The number of rotatable bonds is 0. The summed E-state index contributed by atoms with van der Waals surface area (Å²) >= 11 is 0.